The smallest absolute Gasteiger partial charge is 0.104 e. The van der Waals surface area contributed by atoms with Gasteiger partial charge in [-0.15, -0.1) is 0 Å². The third-order valence-corrected chi connectivity index (χ3v) is 4.02. The zero-order chi connectivity index (χ0) is 14.0. The van der Waals surface area contributed by atoms with Gasteiger partial charge in [-0.25, -0.2) is 0 Å². The molecular formula is C15H21ClN2S. The average Bonchev–Trinajstić information content (AvgIpc) is 3.14. The Hall–Kier alpha value is -0.800. The second kappa shape index (κ2) is 6.10. The monoisotopic (exact) mass is 296 g/mol. The van der Waals surface area contributed by atoms with Crippen molar-refractivity contribution in [2.45, 2.75) is 39.2 Å². The van der Waals surface area contributed by atoms with Crippen LogP contribution in [0.3, 0.4) is 0 Å². The minimum atomic E-state index is 0.397. The van der Waals surface area contributed by atoms with E-state index in [0.29, 0.717) is 16.9 Å². The van der Waals surface area contributed by atoms with E-state index in [2.05, 4.69) is 24.8 Å². The normalized spacial score (nSPS) is 14.7. The number of benzene rings is 1. The van der Waals surface area contributed by atoms with Crippen molar-refractivity contribution < 1.29 is 0 Å². The fourth-order valence-corrected chi connectivity index (χ4v) is 2.59. The van der Waals surface area contributed by atoms with Crippen LogP contribution in [0.4, 0.5) is 5.69 Å². The molecule has 0 aromatic heterocycles. The molecule has 1 saturated carbocycles. The number of nitrogens with zero attached hydrogens (tertiary/aromatic N) is 1. The van der Waals surface area contributed by atoms with Gasteiger partial charge in [0.1, 0.15) is 4.99 Å². The van der Waals surface area contributed by atoms with E-state index in [0.717, 1.165) is 22.8 Å². The van der Waals surface area contributed by atoms with Gasteiger partial charge in [0, 0.05) is 18.2 Å². The number of halogens is 1. The lowest BCUT2D eigenvalue weighted by atomic mass is 10.1. The van der Waals surface area contributed by atoms with Crippen molar-refractivity contribution >= 4 is 34.5 Å². The molecule has 19 heavy (non-hydrogen) atoms. The van der Waals surface area contributed by atoms with Crippen LogP contribution in [0.1, 0.15) is 38.7 Å². The molecular weight excluding hydrogens is 276 g/mol. The highest BCUT2D eigenvalue weighted by Gasteiger charge is 2.30. The lowest BCUT2D eigenvalue weighted by Gasteiger charge is -2.27. The molecule has 1 aliphatic carbocycles. The maximum atomic E-state index is 6.40. The van der Waals surface area contributed by atoms with Gasteiger partial charge in [0.05, 0.1) is 10.7 Å². The van der Waals surface area contributed by atoms with Crippen LogP contribution in [0, 0.1) is 5.92 Å². The minimum absolute atomic E-state index is 0.397. The first kappa shape index (κ1) is 14.6. The molecule has 0 unspecified atom stereocenters. The van der Waals surface area contributed by atoms with Crippen LogP contribution in [-0.2, 0) is 0 Å². The Morgan fingerprint density at radius 2 is 2.16 bits per heavy atom. The van der Waals surface area contributed by atoms with Crippen molar-refractivity contribution in [3.05, 3.63) is 28.8 Å². The molecule has 0 radical (unpaired) electrons. The molecule has 1 fully saturated rings. The predicted octanol–water partition coefficient (Wildman–Crippen LogP) is 3.99. The minimum Gasteiger partial charge on any atom is -0.389 e. The van der Waals surface area contributed by atoms with E-state index in [1.807, 2.05) is 12.1 Å². The number of nitrogens with two attached hydrogens (primary N) is 1. The third-order valence-electron chi connectivity index (χ3n) is 3.48. The van der Waals surface area contributed by atoms with Crippen molar-refractivity contribution in [1.29, 1.82) is 0 Å². The molecule has 0 amide bonds. The van der Waals surface area contributed by atoms with E-state index in [-0.39, 0.29) is 0 Å². The van der Waals surface area contributed by atoms with E-state index in [4.69, 9.17) is 29.6 Å². The zero-order valence-electron chi connectivity index (χ0n) is 11.5. The summed E-state index contributed by atoms with van der Waals surface area (Å²) in [7, 11) is 0. The molecule has 2 rings (SSSR count). The molecule has 0 saturated heterocycles. The van der Waals surface area contributed by atoms with Gasteiger partial charge in [-0.2, -0.15) is 0 Å². The molecule has 104 valence electrons. The Labute approximate surface area is 125 Å². The first-order chi connectivity index (χ1) is 8.99. The molecule has 0 atom stereocenters. The van der Waals surface area contributed by atoms with Crippen LogP contribution in [0.5, 0.6) is 0 Å². The summed E-state index contributed by atoms with van der Waals surface area (Å²) >= 11 is 11.4. The van der Waals surface area contributed by atoms with Gasteiger partial charge in [-0.1, -0.05) is 37.7 Å². The van der Waals surface area contributed by atoms with Gasteiger partial charge in [-0.05, 0) is 43.4 Å². The molecule has 1 aromatic rings. The standard InChI is InChI=1S/C15H21ClN2S/c1-10(2)7-8-18(12-4-5-12)14-6-3-11(15(17)19)9-13(14)16/h3,6,9-10,12H,4-5,7-8H2,1-2H3,(H2,17,19). The van der Waals surface area contributed by atoms with Gasteiger partial charge in [0.15, 0.2) is 0 Å². The molecule has 4 heteroatoms. The van der Waals surface area contributed by atoms with E-state index in [1.54, 1.807) is 0 Å². The summed E-state index contributed by atoms with van der Waals surface area (Å²) in [6.07, 6.45) is 3.72. The maximum Gasteiger partial charge on any atom is 0.104 e. The van der Waals surface area contributed by atoms with Gasteiger partial charge in [0.25, 0.3) is 0 Å². The second-order valence-corrected chi connectivity index (χ2v) is 6.48. The Kier molecular flexibility index (Phi) is 4.69. The molecule has 2 N–H and O–H groups in total. The van der Waals surface area contributed by atoms with Gasteiger partial charge in [-0.3, -0.25) is 0 Å². The lowest BCUT2D eigenvalue weighted by molar-refractivity contribution is 0.571. The van der Waals surface area contributed by atoms with Gasteiger partial charge >= 0.3 is 0 Å². The average molecular weight is 297 g/mol. The summed E-state index contributed by atoms with van der Waals surface area (Å²) in [6, 6.07) is 6.56. The summed E-state index contributed by atoms with van der Waals surface area (Å²) in [4.78, 5) is 2.83. The summed E-state index contributed by atoms with van der Waals surface area (Å²) < 4.78 is 0. The van der Waals surface area contributed by atoms with Crippen LogP contribution in [-0.4, -0.2) is 17.6 Å². The Balaban J connectivity index is 2.19. The quantitative estimate of drug-likeness (QED) is 0.805. The van der Waals surface area contributed by atoms with Crippen LogP contribution in [0.15, 0.2) is 18.2 Å². The van der Waals surface area contributed by atoms with E-state index < -0.39 is 0 Å². The molecule has 0 heterocycles. The first-order valence-electron chi connectivity index (χ1n) is 6.85. The van der Waals surface area contributed by atoms with Crippen molar-refractivity contribution in [3.8, 4) is 0 Å². The number of anilines is 1. The molecule has 0 bridgehead atoms. The molecule has 2 nitrogen and oxygen atoms in total. The van der Waals surface area contributed by atoms with Crippen LogP contribution < -0.4 is 10.6 Å². The highest BCUT2D eigenvalue weighted by atomic mass is 35.5. The highest BCUT2D eigenvalue weighted by molar-refractivity contribution is 7.80. The van der Waals surface area contributed by atoms with Crippen molar-refractivity contribution in [2.75, 3.05) is 11.4 Å². The molecule has 0 spiro atoms. The molecule has 1 aliphatic rings. The highest BCUT2D eigenvalue weighted by Crippen LogP contribution is 2.36. The SMILES string of the molecule is CC(C)CCN(c1ccc(C(N)=S)cc1Cl)C1CC1. The van der Waals surface area contributed by atoms with Gasteiger partial charge < -0.3 is 10.6 Å². The number of rotatable bonds is 6. The second-order valence-electron chi connectivity index (χ2n) is 5.64. The van der Waals surface area contributed by atoms with E-state index in [1.165, 1.54) is 19.3 Å². The Morgan fingerprint density at radius 3 is 2.63 bits per heavy atom. The molecule has 0 aliphatic heterocycles. The van der Waals surface area contributed by atoms with Crippen molar-refractivity contribution in [3.63, 3.8) is 0 Å². The Morgan fingerprint density at radius 1 is 1.47 bits per heavy atom. The summed E-state index contributed by atoms with van der Waals surface area (Å²) in [5, 5.41) is 0.751. The van der Waals surface area contributed by atoms with Crippen molar-refractivity contribution in [2.24, 2.45) is 11.7 Å². The summed E-state index contributed by atoms with van der Waals surface area (Å²) in [6.45, 7) is 5.57. The zero-order valence-corrected chi connectivity index (χ0v) is 13.1. The number of hydrogen-bond donors (Lipinski definition) is 1. The van der Waals surface area contributed by atoms with E-state index >= 15 is 0 Å². The molecule has 1 aromatic carbocycles. The van der Waals surface area contributed by atoms with Crippen LogP contribution in [0.2, 0.25) is 5.02 Å². The van der Waals surface area contributed by atoms with Gasteiger partial charge in [0.2, 0.25) is 0 Å². The number of hydrogen-bond acceptors (Lipinski definition) is 2. The summed E-state index contributed by atoms with van der Waals surface area (Å²) in [5.74, 6) is 0.705. The number of thiocarbonyl (C=S) groups is 1. The Bertz CT molecular complexity index is 469. The van der Waals surface area contributed by atoms with Crippen LogP contribution in [0.25, 0.3) is 0 Å². The topological polar surface area (TPSA) is 29.3 Å². The predicted molar refractivity (Wildman–Crippen MR) is 87.2 cm³/mol. The summed E-state index contributed by atoms with van der Waals surface area (Å²) in [5.41, 5.74) is 7.59. The fourth-order valence-electron chi connectivity index (χ4n) is 2.18. The third kappa shape index (κ3) is 3.83. The van der Waals surface area contributed by atoms with E-state index in [9.17, 15) is 0 Å². The lowest BCUT2D eigenvalue weighted by Crippen LogP contribution is -2.28. The first-order valence-corrected chi connectivity index (χ1v) is 7.63. The van der Waals surface area contributed by atoms with Crippen molar-refractivity contribution in [1.82, 2.24) is 0 Å². The maximum absolute atomic E-state index is 6.40. The van der Waals surface area contributed by atoms with Crippen LogP contribution >= 0.6 is 23.8 Å². The fraction of sp³-hybridized carbons (Fsp3) is 0.533. The largest absolute Gasteiger partial charge is 0.389 e.